The molecule has 9 heteroatoms. The van der Waals surface area contributed by atoms with Gasteiger partial charge in [0.2, 0.25) is 0 Å². The largest absolute Gasteiger partial charge is 0.493 e. The first-order chi connectivity index (χ1) is 12.1. The second kappa shape index (κ2) is 6.37. The van der Waals surface area contributed by atoms with Crippen molar-refractivity contribution in [2.75, 3.05) is 14.2 Å². The number of nitrogens with zero attached hydrogens (tertiary/aromatic N) is 4. The first-order valence-corrected chi connectivity index (χ1v) is 7.04. The zero-order valence-corrected chi connectivity index (χ0v) is 13.3. The van der Waals surface area contributed by atoms with Crippen molar-refractivity contribution < 1.29 is 18.8 Å². The number of hydrogen-bond donors (Lipinski definition) is 0. The number of ether oxygens (including phenoxy) is 2. The van der Waals surface area contributed by atoms with E-state index in [0.717, 1.165) is 0 Å². The Balaban J connectivity index is 2.06. The van der Waals surface area contributed by atoms with Crippen molar-refractivity contribution in [3.63, 3.8) is 0 Å². The Morgan fingerprint density at radius 1 is 1.24 bits per heavy atom. The molecule has 9 nitrogen and oxygen atoms in total. The van der Waals surface area contributed by atoms with Crippen LogP contribution in [0.15, 0.2) is 40.9 Å². The molecule has 0 amide bonds. The number of nitro groups is 1. The first-order valence-electron chi connectivity index (χ1n) is 7.04. The number of hydrogen-bond acceptors (Lipinski definition) is 7. The molecule has 0 saturated carbocycles. The fraction of sp³-hybridized carbons (Fsp3) is 0.125. The highest BCUT2D eigenvalue weighted by Gasteiger charge is 2.19. The molecule has 0 radical (unpaired) electrons. The Morgan fingerprint density at radius 3 is 2.60 bits per heavy atom. The molecular formula is C16H12N4O5. The van der Waals surface area contributed by atoms with Crippen molar-refractivity contribution in [3.8, 4) is 34.7 Å². The average Bonchev–Trinajstić information content (AvgIpc) is 3.27. The maximum atomic E-state index is 10.8. The highest BCUT2D eigenvalue weighted by Crippen LogP contribution is 2.31. The summed E-state index contributed by atoms with van der Waals surface area (Å²) in [6.45, 7) is 0. The van der Waals surface area contributed by atoms with Crippen LogP contribution < -0.4 is 9.47 Å². The number of nitriles is 1. The van der Waals surface area contributed by atoms with Gasteiger partial charge in [-0.25, -0.2) is 4.68 Å². The molecule has 0 bridgehead atoms. The van der Waals surface area contributed by atoms with Crippen LogP contribution >= 0.6 is 0 Å². The third-order valence-corrected chi connectivity index (χ3v) is 3.47. The quantitative estimate of drug-likeness (QED) is 0.517. The Labute approximate surface area is 141 Å². The van der Waals surface area contributed by atoms with Gasteiger partial charge in [-0.3, -0.25) is 10.1 Å². The zero-order chi connectivity index (χ0) is 18.0. The van der Waals surface area contributed by atoms with E-state index in [1.54, 1.807) is 18.2 Å². The summed E-state index contributed by atoms with van der Waals surface area (Å²) < 4.78 is 17.0. The molecule has 0 aliphatic rings. The molecule has 3 rings (SSSR count). The van der Waals surface area contributed by atoms with Gasteiger partial charge in [-0.2, -0.15) is 10.4 Å². The van der Waals surface area contributed by atoms with Crippen LogP contribution in [0.1, 0.15) is 5.56 Å². The molecule has 126 valence electrons. The van der Waals surface area contributed by atoms with Crippen LogP contribution in [0.5, 0.6) is 11.5 Å². The smallest absolute Gasteiger partial charge is 0.433 e. The lowest BCUT2D eigenvalue weighted by molar-refractivity contribution is -0.401. The zero-order valence-electron chi connectivity index (χ0n) is 13.3. The molecule has 3 aromatic rings. The van der Waals surface area contributed by atoms with Gasteiger partial charge in [0.05, 0.1) is 26.0 Å². The van der Waals surface area contributed by atoms with Gasteiger partial charge < -0.3 is 13.9 Å². The monoisotopic (exact) mass is 340 g/mol. The van der Waals surface area contributed by atoms with Crippen molar-refractivity contribution in [2.24, 2.45) is 0 Å². The Kier molecular flexibility index (Phi) is 4.09. The first kappa shape index (κ1) is 16.1. The van der Waals surface area contributed by atoms with E-state index >= 15 is 0 Å². The topological polar surface area (TPSA) is 116 Å². The predicted molar refractivity (Wildman–Crippen MR) is 85.7 cm³/mol. The molecule has 1 aromatic carbocycles. The number of rotatable bonds is 5. The fourth-order valence-electron chi connectivity index (χ4n) is 2.29. The summed E-state index contributed by atoms with van der Waals surface area (Å²) in [4.78, 5) is 10.1. The normalized spacial score (nSPS) is 10.3. The summed E-state index contributed by atoms with van der Waals surface area (Å²) in [5.74, 6) is 0.784. The lowest BCUT2D eigenvalue weighted by Crippen LogP contribution is -1.97. The Morgan fingerprint density at radius 2 is 2.00 bits per heavy atom. The second-order valence-corrected chi connectivity index (χ2v) is 4.88. The van der Waals surface area contributed by atoms with Crippen molar-refractivity contribution in [2.45, 2.75) is 0 Å². The lowest BCUT2D eigenvalue weighted by Gasteiger charge is -2.09. The molecule has 0 atom stereocenters. The van der Waals surface area contributed by atoms with Gasteiger partial charge in [0.25, 0.3) is 0 Å². The minimum absolute atomic E-state index is 0.141. The highest BCUT2D eigenvalue weighted by molar-refractivity contribution is 5.63. The SMILES string of the molecule is COc1ccc(-n2cc(C#N)c(-c3ccc([N+](=O)[O-])o3)n2)cc1OC. The lowest BCUT2D eigenvalue weighted by atomic mass is 10.2. The fourth-order valence-corrected chi connectivity index (χ4v) is 2.29. The number of benzene rings is 1. The molecule has 0 fully saturated rings. The second-order valence-electron chi connectivity index (χ2n) is 4.88. The minimum Gasteiger partial charge on any atom is -0.493 e. The molecule has 25 heavy (non-hydrogen) atoms. The van der Waals surface area contributed by atoms with E-state index in [1.165, 1.54) is 37.2 Å². The van der Waals surface area contributed by atoms with Crippen molar-refractivity contribution in [3.05, 3.63) is 52.2 Å². The van der Waals surface area contributed by atoms with E-state index in [1.807, 2.05) is 6.07 Å². The van der Waals surface area contributed by atoms with Crippen LogP contribution in [-0.4, -0.2) is 28.9 Å². The standard InChI is InChI=1S/C16H12N4O5/c1-23-12-4-3-11(7-14(12)24-2)19-9-10(8-17)16(18-19)13-5-6-15(25-13)20(21)22/h3-7,9H,1-2H3. The van der Waals surface area contributed by atoms with Gasteiger partial charge >= 0.3 is 5.88 Å². The van der Waals surface area contributed by atoms with Crippen molar-refractivity contribution >= 4 is 5.88 Å². The van der Waals surface area contributed by atoms with E-state index in [9.17, 15) is 15.4 Å². The maximum absolute atomic E-state index is 10.8. The number of methoxy groups -OCH3 is 2. The van der Waals surface area contributed by atoms with Crippen LogP contribution in [0.2, 0.25) is 0 Å². The van der Waals surface area contributed by atoms with E-state index in [-0.39, 0.29) is 17.0 Å². The average molecular weight is 340 g/mol. The van der Waals surface area contributed by atoms with E-state index < -0.39 is 10.8 Å². The van der Waals surface area contributed by atoms with Crippen LogP contribution in [0.3, 0.4) is 0 Å². The van der Waals surface area contributed by atoms with Crippen LogP contribution in [-0.2, 0) is 0 Å². The van der Waals surface area contributed by atoms with Crippen LogP contribution in [0, 0.1) is 21.4 Å². The molecule has 2 heterocycles. The molecular weight excluding hydrogens is 328 g/mol. The van der Waals surface area contributed by atoms with Crippen LogP contribution in [0.4, 0.5) is 5.88 Å². The maximum Gasteiger partial charge on any atom is 0.433 e. The summed E-state index contributed by atoms with van der Waals surface area (Å²) >= 11 is 0. The van der Waals surface area contributed by atoms with E-state index in [2.05, 4.69) is 5.10 Å². The molecule has 0 spiro atoms. The van der Waals surface area contributed by atoms with Gasteiger partial charge in [0.15, 0.2) is 17.3 Å². The molecule has 0 unspecified atom stereocenters. The molecule has 0 aliphatic heterocycles. The third kappa shape index (κ3) is 2.88. The Bertz CT molecular complexity index is 983. The number of furan rings is 1. The molecule has 2 aromatic heterocycles. The molecule has 0 saturated heterocycles. The summed E-state index contributed by atoms with van der Waals surface area (Å²) in [5, 5.41) is 24.4. The summed E-state index contributed by atoms with van der Waals surface area (Å²) in [7, 11) is 3.04. The Hall–Kier alpha value is -3.80. The minimum atomic E-state index is -0.652. The van der Waals surface area contributed by atoms with E-state index in [4.69, 9.17) is 13.9 Å². The van der Waals surface area contributed by atoms with Gasteiger partial charge in [-0.05, 0) is 18.2 Å². The summed E-state index contributed by atoms with van der Waals surface area (Å²) in [6.07, 6.45) is 1.50. The van der Waals surface area contributed by atoms with Crippen molar-refractivity contribution in [1.82, 2.24) is 9.78 Å². The predicted octanol–water partition coefficient (Wildman–Crippen LogP) is 2.93. The van der Waals surface area contributed by atoms with Crippen molar-refractivity contribution in [1.29, 1.82) is 5.26 Å². The molecule has 0 aliphatic carbocycles. The molecule has 0 N–H and O–H groups in total. The summed E-state index contributed by atoms with van der Waals surface area (Å²) in [6, 6.07) is 9.77. The third-order valence-electron chi connectivity index (χ3n) is 3.47. The van der Waals surface area contributed by atoms with Gasteiger partial charge in [0, 0.05) is 12.3 Å². The van der Waals surface area contributed by atoms with E-state index in [0.29, 0.717) is 17.2 Å². The van der Waals surface area contributed by atoms with Gasteiger partial charge in [-0.15, -0.1) is 0 Å². The van der Waals surface area contributed by atoms with Gasteiger partial charge in [-0.1, -0.05) is 0 Å². The van der Waals surface area contributed by atoms with Gasteiger partial charge in [0.1, 0.15) is 22.2 Å². The highest BCUT2D eigenvalue weighted by atomic mass is 16.6. The van der Waals surface area contributed by atoms with Crippen LogP contribution in [0.25, 0.3) is 17.1 Å². The number of aromatic nitrogens is 2. The summed E-state index contributed by atoms with van der Waals surface area (Å²) in [5.41, 5.74) is 1.06.